The van der Waals surface area contributed by atoms with Gasteiger partial charge in [-0.05, 0) is 6.92 Å². The van der Waals surface area contributed by atoms with Gasteiger partial charge in [0.15, 0.2) is 0 Å². The summed E-state index contributed by atoms with van der Waals surface area (Å²) in [6, 6.07) is 0. The third-order valence-corrected chi connectivity index (χ3v) is 2.07. The molecule has 0 aromatic rings. The van der Waals surface area contributed by atoms with E-state index in [0.717, 1.165) is 0 Å². The van der Waals surface area contributed by atoms with Crippen LogP contribution in [0.15, 0.2) is 0 Å². The van der Waals surface area contributed by atoms with Crippen LogP contribution in [0.25, 0.3) is 0 Å². The average molecular weight is 306 g/mol. The van der Waals surface area contributed by atoms with Crippen molar-refractivity contribution in [2.45, 2.75) is 43.4 Å². The number of aliphatic hydroxyl groups excluding tert-OH is 1. The number of halogens is 9. The molecule has 0 rings (SSSR count). The molecule has 1 N–H and O–H groups in total. The Balaban J connectivity index is 5.56. The molecule has 0 saturated carbocycles. The van der Waals surface area contributed by atoms with E-state index in [1.165, 1.54) is 0 Å². The van der Waals surface area contributed by atoms with Crippen LogP contribution < -0.4 is 0 Å². The summed E-state index contributed by atoms with van der Waals surface area (Å²) in [5.41, 5.74) is 0. The van der Waals surface area contributed by atoms with Gasteiger partial charge >= 0.3 is 23.9 Å². The molecule has 0 aliphatic carbocycles. The second-order valence-electron chi connectivity index (χ2n) is 3.69. The Labute approximate surface area is 99.7 Å². The van der Waals surface area contributed by atoms with Gasteiger partial charge in [-0.25, -0.2) is 0 Å². The molecular formula is C8H7F9O2. The van der Waals surface area contributed by atoms with E-state index in [4.69, 9.17) is 5.11 Å². The van der Waals surface area contributed by atoms with Gasteiger partial charge in [0.1, 0.15) is 11.9 Å². The van der Waals surface area contributed by atoms with Crippen LogP contribution in [0.4, 0.5) is 39.5 Å². The molecule has 0 amide bonds. The first kappa shape index (κ1) is 18.0. The average Bonchev–Trinajstić information content (AvgIpc) is 2.13. The summed E-state index contributed by atoms with van der Waals surface area (Å²) in [5.74, 6) is -21.4. The van der Waals surface area contributed by atoms with Crippen molar-refractivity contribution in [1.29, 1.82) is 0 Å². The number of hydrogen-bond donors (Lipinski definition) is 1. The molecule has 2 nitrogen and oxygen atoms in total. The molecule has 0 heterocycles. The molecule has 11 heteroatoms. The second kappa shape index (κ2) is 4.84. The molecule has 0 bridgehead atoms. The van der Waals surface area contributed by atoms with Crippen LogP contribution in [0.3, 0.4) is 0 Å². The van der Waals surface area contributed by atoms with E-state index in [1.807, 2.05) is 0 Å². The lowest BCUT2D eigenvalue weighted by Crippen LogP contribution is -2.64. The van der Waals surface area contributed by atoms with Gasteiger partial charge < -0.3 is 5.11 Å². The fourth-order valence-electron chi connectivity index (χ4n) is 0.997. The topological polar surface area (TPSA) is 37.3 Å². The van der Waals surface area contributed by atoms with E-state index in [-0.39, 0.29) is 0 Å². The highest BCUT2D eigenvalue weighted by Crippen LogP contribution is 2.54. The Morgan fingerprint density at radius 1 is 0.947 bits per heavy atom. The third kappa shape index (κ3) is 2.95. The molecule has 1 atom stereocenters. The van der Waals surface area contributed by atoms with Gasteiger partial charge in [-0.3, -0.25) is 4.79 Å². The van der Waals surface area contributed by atoms with Gasteiger partial charge in [-0.2, -0.15) is 39.5 Å². The molecular weight excluding hydrogens is 299 g/mol. The van der Waals surface area contributed by atoms with E-state index in [0.29, 0.717) is 6.92 Å². The number of alkyl halides is 9. The standard InChI is InChI=1S/C8H7F9O2/c1-3(18)2-4(19)5(9,10)6(11,12)7(13,14)8(15,16)17/h4,19H,2H2,1H3. The zero-order chi connectivity index (χ0) is 15.9. The van der Waals surface area contributed by atoms with Crippen LogP contribution in [0.2, 0.25) is 0 Å². The van der Waals surface area contributed by atoms with Gasteiger partial charge in [0.05, 0.1) is 0 Å². The first-order chi connectivity index (χ1) is 8.09. The lowest BCUT2D eigenvalue weighted by atomic mass is 9.96. The maximum atomic E-state index is 12.8. The summed E-state index contributed by atoms with van der Waals surface area (Å²) in [7, 11) is 0. The summed E-state index contributed by atoms with van der Waals surface area (Å²) in [4.78, 5) is 10.3. The Kier molecular flexibility index (Phi) is 4.58. The van der Waals surface area contributed by atoms with Crippen molar-refractivity contribution in [2.75, 3.05) is 0 Å². The number of aliphatic hydroxyl groups is 1. The Bertz CT molecular complexity index is 347. The molecule has 0 spiro atoms. The molecule has 0 aromatic heterocycles. The monoisotopic (exact) mass is 306 g/mol. The van der Waals surface area contributed by atoms with E-state index >= 15 is 0 Å². The Morgan fingerprint density at radius 3 is 1.58 bits per heavy atom. The van der Waals surface area contributed by atoms with Crippen LogP contribution in [-0.2, 0) is 4.79 Å². The molecule has 1 unspecified atom stereocenters. The number of rotatable bonds is 5. The fourth-order valence-corrected chi connectivity index (χ4v) is 0.997. The van der Waals surface area contributed by atoms with Crippen molar-refractivity contribution >= 4 is 5.78 Å². The minimum Gasteiger partial charge on any atom is -0.386 e. The molecule has 0 fully saturated rings. The molecule has 0 saturated heterocycles. The van der Waals surface area contributed by atoms with Gasteiger partial charge in [-0.1, -0.05) is 0 Å². The summed E-state index contributed by atoms with van der Waals surface area (Å²) in [5, 5.41) is 8.56. The zero-order valence-electron chi connectivity index (χ0n) is 9.04. The lowest BCUT2D eigenvalue weighted by molar-refractivity contribution is -0.405. The van der Waals surface area contributed by atoms with Crippen molar-refractivity contribution in [3.63, 3.8) is 0 Å². The Morgan fingerprint density at radius 2 is 1.32 bits per heavy atom. The van der Waals surface area contributed by atoms with Crippen LogP contribution in [0.1, 0.15) is 13.3 Å². The highest BCUT2D eigenvalue weighted by Gasteiger charge is 2.83. The highest BCUT2D eigenvalue weighted by atomic mass is 19.4. The number of hydrogen-bond acceptors (Lipinski definition) is 2. The summed E-state index contributed by atoms with van der Waals surface area (Å²) in [6.07, 6.45) is -12.3. The number of Topliss-reactive ketones (excluding diaryl/α,β-unsaturated/α-hetero) is 1. The largest absolute Gasteiger partial charge is 0.460 e. The van der Waals surface area contributed by atoms with E-state index in [9.17, 15) is 44.3 Å². The predicted octanol–water partition coefficient (Wildman–Crippen LogP) is 2.79. The second-order valence-corrected chi connectivity index (χ2v) is 3.69. The summed E-state index contributed by atoms with van der Waals surface area (Å²) < 4.78 is 111. The minimum atomic E-state index is -7.07. The van der Waals surface area contributed by atoms with Gasteiger partial charge in [0.25, 0.3) is 0 Å². The van der Waals surface area contributed by atoms with E-state index in [1.54, 1.807) is 0 Å². The first-order valence-electron chi connectivity index (χ1n) is 4.46. The smallest absolute Gasteiger partial charge is 0.386 e. The lowest BCUT2D eigenvalue weighted by Gasteiger charge is -2.35. The fraction of sp³-hybridized carbons (Fsp3) is 0.875. The molecule has 0 radical (unpaired) electrons. The summed E-state index contributed by atoms with van der Waals surface area (Å²) in [6.45, 7) is 0.555. The predicted molar refractivity (Wildman–Crippen MR) is 42.2 cm³/mol. The van der Waals surface area contributed by atoms with Crippen LogP contribution in [0.5, 0.6) is 0 Å². The maximum Gasteiger partial charge on any atom is 0.460 e. The van der Waals surface area contributed by atoms with Crippen molar-refractivity contribution in [2.24, 2.45) is 0 Å². The highest BCUT2D eigenvalue weighted by molar-refractivity contribution is 5.76. The number of ketones is 1. The van der Waals surface area contributed by atoms with Crippen molar-refractivity contribution in [3.8, 4) is 0 Å². The normalized spacial score (nSPS) is 16.4. The SMILES string of the molecule is CC(=O)CC(O)C(F)(F)C(F)(F)C(F)(F)C(F)(F)F. The van der Waals surface area contributed by atoms with Gasteiger partial charge in [0, 0.05) is 6.42 Å². The van der Waals surface area contributed by atoms with Gasteiger partial charge in [-0.15, -0.1) is 0 Å². The van der Waals surface area contributed by atoms with Crippen LogP contribution in [0, 0.1) is 0 Å². The van der Waals surface area contributed by atoms with E-state index < -0.39 is 42.3 Å². The van der Waals surface area contributed by atoms with E-state index in [2.05, 4.69) is 0 Å². The summed E-state index contributed by atoms with van der Waals surface area (Å²) >= 11 is 0. The molecule has 114 valence electrons. The van der Waals surface area contributed by atoms with Crippen LogP contribution >= 0.6 is 0 Å². The third-order valence-electron chi connectivity index (χ3n) is 2.07. The minimum absolute atomic E-state index is 0.555. The zero-order valence-corrected chi connectivity index (χ0v) is 9.04. The quantitative estimate of drug-likeness (QED) is 0.793. The number of carbonyl (C=O) groups excluding carboxylic acids is 1. The van der Waals surface area contributed by atoms with Crippen LogP contribution in [-0.4, -0.2) is 40.9 Å². The molecule has 0 aliphatic heterocycles. The molecule has 19 heavy (non-hydrogen) atoms. The first-order valence-corrected chi connectivity index (χ1v) is 4.46. The van der Waals surface area contributed by atoms with Crippen molar-refractivity contribution in [1.82, 2.24) is 0 Å². The van der Waals surface area contributed by atoms with Gasteiger partial charge in [0.2, 0.25) is 0 Å². The molecule has 0 aliphatic rings. The maximum absolute atomic E-state index is 12.8. The number of carbonyl (C=O) groups is 1. The van der Waals surface area contributed by atoms with Crippen molar-refractivity contribution in [3.05, 3.63) is 0 Å². The van der Waals surface area contributed by atoms with Crippen molar-refractivity contribution < 1.29 is 49.4 Å². The Hall–Kier alpha value is -1.00. The molecule has 0 aromatic carbocycles.